The van der Waals surface area contributed by atoms with Crippen molar-refractivity contribution in [1.29, 1.82) is 0 Å². The molecule has 0 spiro atoms. The molecular weight excluding hydrogens is 573 g/mol. The molecule has 1 heterocycles. The molecule has 0 aliphatic carbocycles. The van der Waals surface area contributed by atoms with Crippen LogP contribution in [0.15, 0.2) is 24.3 Å². The van der Waals surface area contributed by atoms with Crippen LogP contribution in [0.3, 0.4) is 0 Å². The number of alkyl halides is 13. The predicted molar refractivity (Wildman–Crippen MR) is 97.5 cm³/mol. The monoisotopic (exact) mass is 589 g/mol. The second kappa shape index (κ2) is 9.62. The van der Waals surface area contributed by atoms with Gasteiger partial charge in [0.25, 0.3) is 0 Å². The van der Waals surface area contributed by atoms with Gasteiger partial charge in [-0.05, 0) is 24.6 Å². The molecule has 19 heteroatoms. The SMILES string of the molecule is CC1CN(Cc2ccc(OS(=O)(=O)C(F)(F)C(F)(F)C(F)(F)C(F)(F)C(F)(F)C(F)(F)F)cc2)CCO1. The smallest absolute Gasteiger partial charge is 0.378 e. The molecule has 1 aliphatic heterocycles. The summed E-state index contributed by atoms with van der Waals surface area (Å²) in [6, 6.07) is 3.26. The van der Waals surface area contributed by atoms with E-state index in [9.17, 15) is 65.5 Å². The van der Waals surface area contributed by atoms with Crippen LogP contribution < -0.4 is 4.18 Å². The topological polar surface area (TPSA) is 55.8 Å². The lowest BCUT2D eigenvalue weighted by Gasteiger charge is -2.38. The van der Waals surface area contributed by atoms with Crippen LogP contribution in [0, 0.1) is 0 Å². The average Bonchev–Trinajstić information content (AvgIpc) is 2.73. The van der Waals surface area contributed by atoms with E-state index in [0.29, 0.717) is 37.4 Å². The Morgan fingerprint density at radius 2 is 1.32 bits per heavy atom. The number of nitrogens with zero attached hydrogens (tertiary/aromatic N) is 1. The Labute approximate surface area is 200 Å². The lowest BCUT2D eigenvalue weighted by molar-refractivity contribution is -0.433. The summed E-state index contributed by atoms with van der Waals surface area (Å²) < 4.78 is 204. The minimum atomic E-state index is -8.25. The van der Waals surface area contributed by atoms with E-state index >= 15 is 0 Å². The Kier molecular flexibility index (Phi) is 8.11. The highest BCUT2D eigenvalue weighted by Crippen LogP contribution is 2.61. The van der Waals surface area contributed by atoms with Gasteiger partial charge in [-0.15, -0.1) is 0 Å². The number of rotatable bonds is 9. The summed E-state index contributed by atoms with van der Waals surface area (Å²) in [5.41, 5.74) is 0.386. The van der Waals surface area contributed by atoms with Crippen LogP contribution in [0.5, 0.6) is 5.75 Å². The van der Waals surface area contributed by atoms with Gasteiger partial charge >= 0.3 is 45.2 Å². The van der Waals surface area contributed by atoms with Crippen molar-refractivity contribution in [3.63, 3.8) is 0 Å². The number of morpholine rings is 1. The molecule has 0 N–H and O–H groups in total. The van der Waals surface area contributed by atoms with Crippen LogP contribution in [-0.4, -0.2) is 74.2 Å². The summed E-state index contributed by atoms with van der Waals surface area (Å²) >= 11 is 0. The fourth-order valence-electron chi connectivity index (χ4n) is 3.03. The van der Waals surface area contributed by atoms with Crippen LogP contribution >= 0.6 is 0 Å². The maximum atomic E-state index is 14.0. The van der Waals surface area contributed by atoms with Gasteiger partial charge in [0.2, 0.25) is 0 Å². The molecule has 1 unspecified atom stereocenters. The molecule has 0 aromatic heterocycles. The van der Waals surface area contributed by atoms with E-state index in [1.807, 2.05) is 4.90 Å². The number of benzene rings is 1. The Balaban J connectivity index is 2.31. The first-order valence-corrected chi connectivity index (χ1v) is 11.2. The van der Waals surface area contributed by atoms with Crippen molar-refractivity contribution in [3.05, 3.63) is 29.8 Å². The molecule has 1 aromatic rings. The van der Waals surface area contributed by atoms with E-state index in [0.717, 1.165) is 12.1 Å². The maximum absolute atomic E-state index is 14.0. The quantitative estimate of drug-likeness (QED) is 0.289. The van der Waals surface area contributed by atoms with Crippen LogP contribution in [0.1, 0.15) is 12.5 Å². The van der Waals surface area contributed by atoms with Gasteiger partial charge < -0.3 is 8.92 Å². The highest BCUT2D eigenvalue weighted by atomic mass is 32.2. The fourth-order valence-corrected chi connectivity index (χ4v) is 3.95. The van der Waals surface area contributed by atoms with Crippen LogP contribution in [0.25, 0.3) is 0 Å². The maximum Gasteiger partial charge on any atom is 0.460 e. The zero-order valence-corrected chi connectivity index (χ0v) is 18.9. The summed E-state index contributed by atoms with van der Waals surface area (Å²) in [5, 5.41) is -7.42. The molecule has 0 saturated carbocycles. The molecule has 1 aliphatic rings. The number of hydrogen-bond donors (Lipinski definition) is 0. The summed E-state index contributed by atoms with van der Waals surface area (Å²) in [7, 11) is -7.39. The zero-order valence-electron chi connectivity index (χ0n) is 18.1. The molecule has 214 valence electrons. The van der Waals surface area contributed by atoms with Crippen molar-refractivity contribution in [2.45, 2.75) is 54.7 Å². The number of hydrogen-bond acceptors (Lipinski definition) is 5. The van der Waals surface area contributed by atoms with Crippen molar-refractivity contribution in [1.82, 2.24) is 4.90 Å². The van der Waals surface area contributed by atoms with Gasteiger partial charge in [0.05, 0.1) is 12.7 Å². The van der Waals surface area contributed by atoms with Crippen molar-refractivity contribution in [2.24, 2.45) is 0 Å². The van der Waals surface area contributed by atoms with E-state index in [1.165, 1.54) is 0 Å². The predicted octanol–water partition coefficient (Wildman–Crippen LogP) is 5.31. The average molecular weight is 589 g/mol. The minimum Gasteiger partial charge on any atom is -0.378 e. The molecule has 37 heavy (non-hydrogen) atoms. The first kappa shape index (κ1) is 31.2. The third-order valence-electron chi connectivity index (χ3n) is 5.08. The standard InChI is InChI=1S/C18H16F13NO4S/c1-10-8-32(6-7-35-10)9-11-2-4-12(5-3-11)36-37(33,34)18(30,31)16(25,26)14(21,22)13(19,20)15(23,24)17(27,28)29/h2-5,10H,6-9H2,1H3. The summed E-state index contributed by atoms with van der Waals surface area (Å²) in [6.07, 6.45) is -7.76. The first-order chi connectivity index (χ1) is 16.4. The van der Waals surface area contributed by atoms with Crippen molar-refractivity contribution < 1.29 is 74.4 Å². The zero-order chi connectivity index (χ0) is 28.9. The van der Waals surface area contributed by atoms with E-state index in [4.69, 9.17) is 4.74 Å². The first-order valence-electron chi connectivity index (χ1n) is 9.75. The van der Waals surface area contributed by atoms with Gasteiger partial charge in [-0.2, -0.15) is 65.5 Å². The molecule has 0 amide bonds. The third kappa shape index (κ3) is 5.30. The second-order valence-corrected chi connectivity index (χ2v) is 9.50. The van der Waals surface area contributed by atoms with Crippen LogP contribution in [-0.2, 0) is 21.4 Å². The minimum absolute atomic E-state index is 0.146. The molecule has 1 saturated heterocycles. The lowest BCUT2D eigenvalue weighted by atomic mass is 9.98. The molecule has 1 aromatic carbocycles. The van der Waals surface area contributed by atoms with Crippen molar-refractivity contribution in [2.75, 3.05) is 19.7 Å². The molecule has 0 bridgehead atoms. The molecule has 5 nitrogen and oxygen atoms in total. The van der Waals surface area contributed by atoms with Gasteiger partial charge in [-0.3, -0.25) is 4.90 Å². The molecule has 1 atom stereocenters. The highest BCUT2D eigenvalue weighted by molar-refractivity contribution is 7.88. The van der Waals surface area contributed by atoms with Crippen molar-refractivity contribution in [3.8, 4) is 5.75 Å². The summed E-state index contributed by atoms with van der Waals surface area (Å²) in [4.78, 5) is 1.84. The molecular formula is C18H16F13NO4S. The van der Waals surface area contributed by atoms with Crippen molar-refractivity contribution >= 4 is 10.1 Å². The Morgan fingerprint density at radius 1 is 0.838 bits per heavy atom. The second-order valence-electron chi connectivity index (χ2n) is 7.91. The summed E-state index contributed by atoms with van der Waals surface area (Å²) in [5.74, 6) is -33.7. The van der Waals surface area contributed by atoms with Crippen LogP contribution in [0.2, 0.25) is 0 Å². The Hall–Kier alpha value is -2.02. The van der Waals surface area contributed by atoms with Gasteiger partial charge in [0, 0.05) is 19.6 Å². The fraction of sp³-hybridized carbons (Fsp3) is 0.667. The van der Waals surface area contributed by atoms with Gasteiger partial charge in [-0.25, -0.2) is 0 Å². The van der Waals surface area contributed by atoms with E-state index < -0.39 is 51.0 Å². The normalized spacial score (nSPS) is 19.7. The van der Waals surface area contributed by atoms with E-state index in [-0.39, 0.29) is 12.6 Å². The van der Waals surface area contributed by atoms with E-state index in [1.54, 1.807) is 6.92 Å². The molecule has 0 radical (unpaired) electrons. The highest BCUT2D eigenvalue weighted by Gasteiger charge is 2.93. The Morgan fingerprint density at radius 3 is 1.78 bits per heavy atom. The molecule has 2 rings (SSSR count). The van der Waals surface area contributed by atoms with Gasteiger partial charge in [-0.1, -0.05) is 12.1 Å². The van der Waals surface area contributed by atoms with Gasteiger partial charge in [0.15, 0.2) is 0 Å². The van der Waals surface area contributed by atoms with E-state index in [2.05, 4.69) is 4.18 Å². The lowest BCUT2D eigenvalue weighted by Crippen LogP contribution is -2.71. The van der Waals surface area contributed by atoms with Crippen LogP contribution in [0.4, 0.5) is 57.1 Å². The summed E-state index contributed by atoms with van der Waals surface area (Å²) in [6.45, 7) is 3.24. The molecule has 1 fully saturated rings. The number of ether oxygens (including phenoxy) is 1. The number of halogens is 13. The Bertz CT molecular complexity index is 1060. The van der Waals surface area contributed by atoms with Gasteiger partial charge in [0.1, 0.15) is 5.75 Å². The third-order valence-corrected chi connectivity index (χ3v) is 6.38. The largest absolute Gasteiger partial charge is 0.460 e.